The Bertz CT molecular complexity index is 821. The van der Waals surface area contributed by atoms with Crippen LogP contribution >= 0.6 is 0 Å². The van der Waals surface area contributed by atoms with E-state index in [9.17, 15) is 8.42 Å². The fourth-order valence-corrected chi connectivity index (χ4v) is 5.23. The molecule has 26 heavy (non-hydrogen) atoms. The van der Waals surface area contributed by atoms with Crippen LogP contribution in [0.25, 0.3) is 0 Å². The van der Waals surface area contributed by atoms with Gasteiger partial charge >= 0.3 is 0 Å². The van der Waals surface area contributed by atoms with Gasteiger partial charge in [-0.15, -0.1) is 0 Å². The van der Waals surface area contributed by atoms with Crippen LogP contribution in [0.15, 0.2) is 54.6 Å². The van der Waals surface area contributed by atoms with Gasteiger partial charge in [0.2, 0.25) is 10.0 Å². The third-order valence-electron chi connectivity index (χ3n) is 5.25. The van der Waals surface area contributed by atoms with Crippen molar-refractivity contribution in [2.45, 2.75) is 32.1 Å². The Labute approximate surface area is 157 Å². The molecule has 4 nitrogen and oxygen atoms in total. The second-order valence-electron chi connectivity index (χ2n) is 7.16. The van der Waals surface area contributed by atoms with E-state index in [0.717, 1.165) is 30.6 Å². The van der Waals surface area contributed by atoms with Gasteiger partial charge in [-0.05, 0) is 37.0 Å². The van der Waals surface area contributed by atoms with Gasteiger partial charge in [0.25, 0.3) is 0 Å². The van der Waals surface area contributed by atoms with Crippen molar-refractivity contribution in [1.82, 2.24) is 9.21 Å². The minimum Gasteiger partial charge on any atom is -0.298 e. The number of aryl methyl sites for hydroxylation is 1. The Morgan fingerprint density at radius 3 is 2.38 bits per heavy atom. The predicted octanol–water partition coefficient (Wildman–Crippen LogP) is 3.07. The lowest BCUT2D eigenvalue weighted by Gasteiger charge is -2.39. The Balaban J connectivity index is 1.58. The van der Waals surface area contributed by atoms with Crippen LogP contribution < -0.4 is 0 Å². The Hall–Kier alpha value is -1.69. The third-order valence-corrected chi connectivity index (χ3v) is 7.05. The van der Waals surface area contributed by atoms with Crippen molar-refractivity contribution in [3.8, 4) is 0 Å². The SMILES string of the molecule is Cc1ccccc1CS(=O)(=O)N1CCN(CCc2ccccc2)C(C)C1. The van der Waals surface area contributed by atoms with Crippen LogP contribution in [-0.4, -0.2) is 49.8 Å². The van der Waals surface area contributed by atoms with Gasteiger partial charge in [0, 0.05) is 32.2 Å². The average molecular weight is 373 g/mol. The summed E-state index contributed by atoms with van der Waals surface area (Å²) in [4.78, 5) is 2.40. The van der Waals surface area contributed by atoms with E-state index in [1.807, 2.05) is 37.3 Å². The molecule has 2 aromatic rings. The summed E-state index contributed by atoms with van der Waals surface area (Å²) in [6.45, 7) is 7.00. The van der Waals surface area contributed by atoms with E-state index in [-0.39, 0.29) is 11.8 Å². The van der Waals surface area contributed by atoms with Crippen LogP contribution in [0.5, 0.6) is 0 Å². The van der Waals surface area contributed by atoms with Gasteiger partial charge in [-0.3, -0.25) is 4.90 Å². The monoisotopic (exact) mass is 372 g/mol. The predicted molar refractivity (Wildman–Crippen MR) is 107 cm³/mol. The zero-order valence-corrected chi connectivity index (χ0v) is 16.5. The molecule has 0 amide bonds. The Morgan fingerprint density at radius 2 is 1.69 bits per heavy atom. The first-order valence-corrected chi connectivity index (χ1v) is 10.9. The largest absolute Gasteiger partial charge is 0.298 e. The molecule has 1 aliphatic rings. The molecule has 0 bridgehead atoms. The summed E-state index contributed by atoms with van der Waals surface area (Å²) in [5.41, 5.74) is 3.26. The molecule has 0 radical (unpaired) electrons. The molecule has 1 saturated heterocycles. The van der Waals surface area contributed by atoms with Gasteiger partial charge in [-0.2, -0.15) is 4.31 Å². The van der Waals surface area contributed by atoms with Crippen molar-refractivity contribution in [2.24, 2.45) is 0 Å². The molecule has 3 rings (SSSR count). The zero-order chi connectivity index (χ0) is 18.6. The van der Waals surface area contributed by atoms with Gasteiger partial charge < -0.3 is 0 Å². The number of benzene rings is 2. The molecule has 5 heteroatoms. The summed E-state index contributed by atoms with van der Waals surface area (Å²) in [6, 6.07) is 18.4. The second kappa shape index (κ2) is 8.33. The molecule has 0 aliphatic carbocycles. The molecular formula is C21H28N2O2S. The summed E-state index contributed by atoms with van der Waals surface area (Å²) in [5, 5.41) is 0. The molecule has 0 N–H and O–H groups in total. The molecule has 1 unspecified atom stereocenters. The smallest absolute Gasteiger partial charge is 0.218 e. The third kappa shape index (κ3) is 4.72. The summed E-state index contributed by atoms with van der Waals surface area (Å²) >= 11 is 0. The summed E-state index contributed by atoms with van der Waals surface area (Å²) in [6.07, 6.45) is 1.00. The van der Waals surface area contributed by atoms with Crippen molar-refractivity contribution in [1.29, 1.82) is 0 Å². The minimum atomic E-state index is -3.28. The van der Waals surface area contributed by atoms with Crippen molar-refractivity contribution in [3.05, 3.63) is 71.3 Å². The van der Waals surface area contributed by atoms with Gasteiger partial charge in [-0.25, -0.2) is 8.42 Å². The second-order valence-corrected chi connectivity index (χ2v) is 9.13. The quantitative estimate of drug-likeness (QED) is 0.782. The van der Waals surface area contributed by atoms with Crippen molar-refractivity contribution >= 4 is 10.0 Å². The van der Waals surface area contributed by atoms with E-state index in [2.05, 4.69) is 36.1 Å². The van der Waals surface area contributed by atoms with Crippen LogP contribution in [0.3, 0.4) is 0 Å². The highest BCUT2D eigenvalue weighted by Crippen LogP contribution is 2.19. The number of piperazine rings is 1. The summed E-state index contributed by atoms with van der Waals surface area (Å²) < 4.78 is 27.4. The Morgan fingerprint density at radius 1 is 1.00 bits per heavy atom. The highest BCUT2D eigenvalue weighted by molar-refractivity contribution is 7.88. The maximum atomic E-state index is 12.8. The number of rotatable bonds is 6. The standard InChI is InChI=1S/C21H28N2O2S/c1-18-8-6-7-11-21(18)17-26(24,25)23-15-14-22(19(2)16-23)13-12-20-9-4-3-5-10-20/h3-11,19H,12-17H2,1-2H3. The summed E-state index contributed by atoms with van der Waals surface area (Å²) in [5.74, 6) is 0.0937. The molecule has 1 heterocycles. The fraction of sp³-hybridized carbons (Fsp3) is 0.429. The number of hydrogen-bond acceptors (Lipinski definition) is 3. The van der Waals surface area contributed by atoms with Gasteiger partial charge in [0.1, 0.15) is 0 Å². The van der Waals surface area contributed by atoms with E-state index in [0.29, 0.717) is 13.1 Å². The van der Waals surface area contributed by atoms with E-state index < -0.39 is 10.0 Å². The maximum Gasteiger partial charge on any atom is 0.218 e. The van der Waals surface area contributed by atoms with Crippen molar-refractivity contribution < 1.29 is 8.42 Å². The molecule has 140 valence electrons. The van der Waals surface area contributed by atoms with Crippen LogP contribution in [-0.2, 0) is 22.2 Å². The van der Waals surface area contributed by atoms with E-state index in [4.69, 9.17) is 0 Å². The molecule has 1 atom stereocenters. The lowest BCUT2D eigenvalue weighted by atomic mass is 10.1. The van der Waals surface area contributed by atoms with Crippen molar-refractivity contribution in [3.63, 3.8) is 0 Å². The van der Waals surface area contributed by atoms with Crippen LogP contribution in [0.2, 0.25) is 0 Å². The van der Waals surface area contributed by atoms with Crippen LogP contribution in [0, 0.1) is 6.92 Å². The first-order chi connectivity index (χ1) is 12.5. The normalized spacial score (nSPS) is 19.5. The zero-order valence-electron chi connectivity index (χ0n) is 15.6. The number of hydrogen-bond donors (Lipinski definition) is 0. The lowest BCUT2D eigenvalue weighted by Crippen LogP contribution is -2.54. The first kappa shape index (κ1) is 19.1. The van der Waals surface area contributed by atoms with Crippen LogP contribution in [0.4, 0.5) is 0 Å². The first-order valence-electron chi connectivity index (χ1n) is 9.26. The van der Waals surface area contributed by atoms with Gasteiger partial charge in [-0.1, -0.05) is 54.6 Å². The molecule has 0 spiro atoms. The van der Waals surface area contributed by atoms with Gasteiger partial charge in [0.15, 0.2) is 0 Å². The minimum absolute atomic E-state index is 0.0937. The number of nitrogens with zero attached hydrogens (tertiary/aromatic N) is 2. The molecule has 0 saturated carbocycles. The number of sulfonamides is 1. The maximum absolute atomic E-state index is 12.8. The van der Waals surface area contributed by atoms with E-state index >= 15 is 0 Å². The highest BCUT2D eigenvalue weighted by Gasteiger charge is 2.31. The molecule has 1 fully saturated rings. The Kier molecular flexibility index (Phi) is 6.12. The molecule has 0 aromatic heterocycles. The highest BCUT2D eigenvalue weighted by atomic mass is 32.2. The van der Waals surface area contributed by atoms with Crippen LogP contribution in [0.1, 0.15) is 23.6 Å². The molecule has 1 aliphatic heterocycles. The average Bonchev–Trinajstić information content (AvgIpc) is 2.63. The van der Waals surface area contributed by atoms with Crippen molar-refractivity contribution in [2.75, 3.05) is 26.2 Å². The molecular weight excluding hydrogens is 344 g/mol. The fourth-order valence-electron chi connectivity index (χ4n) is 3.52. The van der Waals surface area contributed by atoms with Gasteiger partial charge in [0.05, 0.1) is 5.75 Å². The topological polar surface area (TPSA) is 40.6 Å². The van der Waals surface area contributed by atoms with E-state index in [1.165, 1.54) is 5.56 Å². The molecule has 2 aromatic carbocycles. The summed E-state index contributed by atoms with van der Waals surface area (Å²) in [7, 11) is -3.28. The lowest BCUT2D eigenvalue weighted by molar-refractivity contribution is 0.130. The van der Waals surface area contributed by atoms with E-state index in [1.54, 1.807) is 4.31 Å².